The Kier molecular flexibility index (Phi) is 33.4. The quantitative estimate of drug-likeness (QED) is 0.0475. The van der Waals surface area contributed by atoms with Gasteiger partial charge in [-0.2, -0.15) is 8.42 Å². The summed E-state index contributed by atoms with van der Waals surface area (Å²) in [7, 11) is -3.30. The van der Waals surface area contributed by atoms with Gasteiger partial charge in [0.2, 0.25) is 0 Å². The summed E-state index contributed by atoms with van der Waals surface area (Å²) in [6, 6.07) is 0. The molecule has 0 rings (SSSR count). The van der Waals surface area contributed by atoms with Crippen LogP contribution in [0.25, 0.3) is 0 Å². The number of hydrogen-bond donors (Lipinski definition) is 0. The van der Waals surface area contributed by atoms with E-state index in [0.717, 1.165) is 32.1 Å². The van der Waals surface area contributed by atoms with Gasteiger partial charge in [-0.05, 0) is 40.5 Å². The molecule has 0 N–H and O–H groups in total. The van der Waals surface area contributed by atoms with Gasteiger partial charge in [-0.15, -0.1) is 0 Å². The zero-order chi connectivity index (χ0) is 30.2. The van der Waals surface area contributed by atoms with Gasteiger partial charge in [0.15, 0.2) is 0 Å². The van der Waals surface area contributed by atoms with E-state index in [0.29, 0.717) is 6.61 Å². The maximum absolute atomic E-state index is 11.9. The summed E-state index contributed by atoms with van der Waals surface area (Å²) < 4.78 is 30.3. The molecule has 0 bridgehead atoms. The van der Waals surface area contributed by atoms with Crippen LogP contribution in [0.3, 0.4) is 0 Å². The molecule has 0 saturated carbocycles. The standard InChI is InChI=1S/C27H56O3S.C8H20N/c1-3-5-7-9-11-12-13-14-15-16-17-18-19-20-22-24-26-30-31(28,29)27-25-23-21-10-8-6-4-2;1-5-9(6-2,7-3)8-4/h3-27H2,1-2H3;5-8H2,1-4H3/q;+1. The van der Waals surface area contributed by atoms with Crippen LogP contribution in [0.2, 0.25) is 0 Å². The summed E-state index contributed by atoms with van der Waals surface area (Å²) >= 11 is 0. The number of rotatable bonds is 30. The van der Waals surface area contributed by atoms with Crippen molar-refractivity contribution in [3.63, 3.8) is 0 Å². The van der Waals surface area contributed by atoms with Crippen LogP contribution in [0.15, 0.2) is 0 Å². The molecule has 0 atom stereocenters. The zero-order valence-electron chi connectivity index (χ0n) is 28.6. The molecule has 5 heteroatoms. The first-order chi connectivity index (χ1) is 19.4. The highest BCUT2D eigenvalue weighted by molar-refractivity contribution is 7.86. The smallest absolute Gasteiger partial charge is 0.267 e. The minimum atomic E-state index is -3.30. The topological polar surface area (TPSA) is 43.4 Å². The Morgan fingerprint density at radius 3 is 0.950 bits per heavy atom. The van der Waals surface area contributed by atoms with E-state index in [1.807, 2.05) is 0 Å². The molecule has 244 valence electrons. The van der Waals surface area contributed by atoms with Crippen LogP contribution in [-0.4, -0.2) is 51.4 Å². The normalized spacial score (nSPS) is 11.9. The average Bonchev–Trinajstić information content (AvgIpc) is 2.96. The Morgan fingerprint density at radius 2 is 0.675 bits per heavy atom. The molecule has 0 aliphatic rings. The van der Waals surface area contributed by atoms with Gasteiger partial charge in [0.25, 0.3) is 10.1 Å². The van der Waals surface area contributed by atoms with E-state index in [2.05, 4.69) is 41.5 Å². The lowest BCUT2D eigenvalue weighted by atomic mass is 10.0. The second-order valence-electron chi connectivity index (χ2n) is 12.1. The molecule has 0 aromatic heterocycles. The Balaban J connectivity index is 0. The molecular formula is C35H76NO3S+. The van der Waals surface area contributed by atoms with Crippen LogP contribution < -0.4 is 0 Å². The SMILES string of the molecule is CCCCCCCCCCCCCCCCCCOS(=O)(=O)CCCCCCCCC.CC[N+](CC)(CC)CC. The van der Waals surface area contributed by atoms with Crippen LogP contribution in [-0.2, 0) is 14.3 Å². The highest BCUT2D eigenvalue weighted by Crippen LogP contribution is 2.14. The van der Waals surface area contributed by atoms with Crippen LogP contribution in [0.4, 0.5) is 0 Å². The minimum absolute atomic E-state index is 0.194. The second-order valence-corrected chi connectivity index (χ2v) is 13.9. The van der Waals surface area contributed by atoms with Crippen molar-refractivity contribution in [2.75, 3.05) is 38.5 Å². The van der Waals surface area contributed by atoms with Gasteiger partial charge < -0.3 is 4.48 Å². The van der Waals surface area contributed by atoms with E-state index < -0.39 is 10.1 Å². The molecule has 0 amide bonds. The third-order valence-electron chi connectivity index (χ3n) is 8.94. The van der Waals surface area contributed by atoms with E-state index >= 15 is 0 Å². The fourth-order valence-electron chi connectivity index (χ4n) is 5.47. The van der Waals surface area contributed by atoms with Gasteiger partial charge in [-0.25, -0.2) is 0 Å². The summed E-state index contributed by atoms with van der Waals surface area (Å²) in [6.45, 7) is 19.1. The van der Waals surface area contributed by atoms with Crippen molar-refractivity contribution >= 4 is 10.1 Å². The molecule has 0 aliphatic heterocycles. The molecule has 0 radical (unpaired) electrons. The largest absolute Gasteiger partial charge is 0.325 e. The fraction of sp³-hybridized carbons (Fsp3) is 1.00. The van der Waals surface area contributed by atoms with Crippen molar-refractivity contribution < 1.29 is 17.1 Å². The first-order valence-electron chi connectivity index (χ1n) is 18.1. The fourth-order valence-corrected chi connectivity index (χ4v) is 6.52. The van der Waals surface area contributed by atoms with E-state index in [1.54, 1.807) is 0 Å². The summed E-state index contributed by atoms with van der Waals surface area (Å²) in [6.07, 6.45) is 29.2. The average molecular weight is 591 g/mol. The molecule has 0 saturated heterocycles. The molecule has 0 aliphatic carbocycles. The monoisotopic (exact) mass is 591 g/mol. The maximum Gasteiger partial charge on any atom is 0.267 e. The molecule has 0 aromatic carbocycles. The van der Waals surface area contributed by atoms with Crippen molar-refractivity contribution in [2.24, 2.45) is 0 Å². The summed E-state index contributed by atoms with van der Waals surface area (Å²) in [5.41, 5.74) is 0. The lowest BCUT2D eigenvalue weighted by Gasteiger charge is -2.34. The van der Waals surface area contributed by atoms with Crippen LogP contribution >= 0.6 is 0 Å². The summed E-state index contributed by atoms with van der Waals surface area (Å²) in [4.78, 5) is 0. The molecule has 0 heterocycles. The lowest BCUT2D eigenvalue weighted by Crippen LogP contribution is -2.47. The first kappa shape index (κ1) is 42.0. The van der Waals surface area contributed by atoms with Gasteiger partial charge in [-0.1, -0.05) is 149 Å². The Bertz CT molecular complexity index is 558. The Labute approximate surface area is 254 Å². The summed E-state index contributed by atoms with van der Waals surface area (Å²) in [5.74, 6) is 0.194. The highest BCUT2D eigenvalue weighted by Gasteiger charge is 2.16. The van der Waals surface area contributed by atoms with Crippen molar-refractivity contribution in [1.82, 2.24) is 0 Å². The minimum Gasteiger partial charge on any atom is -0.325 e. The van der Waals surface area contributed by atoms with Crippen LogP contribution in [0.5, 0.6) is 0 Å². The van der Waals surface area contributed by atoms with Crippen LogP contribution in [0, 0.1) is 0 Å². The van der Waals surface area contributed by atoms with Gasteiger partial charge in [0, 0.05) is 0 Å². The van der Waals surface area contributed by atoms with E-state index in [9.17, 15) is 8.42 Å². The second kappa shape index (κ2) is 31.8. The van der Waals surface area contributed by atoms with Gasteiger partial charge >= 0.3 is 0 Å². The van der Waals surface area contributed by atoms with Crippen LogP contribution in [0.1, 0.15) is 189 Å². The van der Waals surface area contributed by atoms with E-state index in [-0.39, 0.29) is 5.75 Å². The van der Waals surface area contributed by atoms with E-state index in [4.69, 9.17) is 4.18 Å². The van der Waals surface area contributed by atoms with Gasteiger partial charge in [-0.3, -0.25) is 4.18 Å². The zero-order valence-corrected chi connectivity index (χ0v) is 29.4. The number of hydrogen-bond acceptors (Lipinski definition) is 3. The van der Waals surface area contributed by atoms with Crippen molar-refractivity contribution in [3.05, 3.63) is 0 Å². The first-order valence-corrected chi connectivity index (χ1v) is 19.7. The lowest BCUT2D eigenvalue weighted by molar-refractivity contribution is -0.921. The van der Waals surface area contributed by atoms with Crippen molar-refractivity contribution in [3.8, 4) is 0 Å². The molecule has 0 unspecified atom stereocenters. The van der Waals surface area contributed by atoms with Gasteiger partial charge in [0.1, 0.15) is 0 Å². The predicted octanol–water partition coefficient (Wildman–Crippen LogP) is 11.2. The predicted molar refractivity (Wildman–Crippen MR) is 180 cm³/mol. The highest BCUT2D eigenvalue weighted by atomic mass is 32.2. The molecule has 0 spiro atoms. The number of nitrogens with zero attached hydrogens (tertiary/aromatic N) is 1. The van der Waals surface area contributed by atoms with Crippen molar-refractivity contribution in [1.29, 1.82) is 0 Å². The molecular weight excluding hydrogens is 514 g/mol. The Morgan fingerprint density at radius 1 is 0.400 bits per heavy atom. The number of quaternary nitrogens is 1. The van der Waals surface area contributed by atoms with Gasteiger partial charge in [0.05, 0.1) is 38.5 Å². The molecule has 0 fully saturated rings. The molecule has 4 nitrogen and oxygen atoms in total. The maximum atomic E-state index is 11.9. The Hall–Kier alpha value is -0.130. The molecule has 0 aromatic rings. The third kappa shape index (κ3) is 29.4. The molecule has 40 heavy (non-hydrogen) atoms. The third-order valence-corrected chi connectivity index (χ3v) is 10.3. The van der Waals surface area contributed by atoms with Crippen molar-refractivity contribution in [2.45, 2.75) is 189 Å². The van der Waals surface area contributed by atoms with E-state index in [1.165, 1.54) is 146 Å². The number of unbranched alkanes of at least 4 members (excludes halogenated alkanes) is 21. The summed E-state index contributed by atoms with van der Waals surface area (Å²) in [5, 5.41) is 0.